The van der Waals surface area contributed by atoms with Gasteiger partial charge in [-0.3, -0.25) is 0 Å². The minimum atomic E-state index is -4.00. The number of benzene rings is 2. The summed E-state index contributed by atoms with van der Waals surface area (Å²) >= 11 is 0. The van der Waals surface area contributed by atoms with E-state index in [0.29, 0.717) is 0 Å². The van der Waals surface area contributed by atoms with Gasteiger partial charge < -0.3 is 4.18 Å². The van der Waals surface area contributed by atoms with Gasteiger partial charge in [0.15, 0.2) is 9.84 Å². The second-order valence-electron chi connectivity index (χ2n) is 5.88. The Hall–Kier alpha value is -1.86. The van der Waals surface area contributed by atoms with Crippen LogP contribution in [-0.2, 0) is 26.4 Å². The third-order valence-electron chi connectivity index (χ3n) is 3.74. The van der Waals surface area contributed by atoms with Crippen LogP contribution < -0.4 is 4.18 Å². The van der Waals surface area contributed by atoms with Crippen LogP contribution in [0.1, 0.15) is 31.7 Å². The second-order valence-corrected chi connectivity index (χ2v) is 9.44. The van der Waals surface area contributed by atoms with Gasteiger partial charge in [0.25, 0.3) is 0 Å². The molecule has 0 amide bonds. The molecule has 25 heavy (non-hydrogen) atoms. The normalized spacial score (nSPS) is 12.1. The molecule has 0 heterocycles. The summed E-state index contributed by atoms with van der Waals surface area (Å²) < 4.78 is 52.6. The molecule has 2 aromatic rings. The number of hydrogen-bond donors (Lipinski definition) is 0. The summed E-state index contributed by atoms with van der Waals surface area (Å²) in [7, 11) is -7.38. The molecule has 0 unspecified atom stereocenters. The number of rotatable bonds is 8. The first kappa shape index (κ1) is 19.5. The highest BCUT2D eigenvalue weighted by atomic mass is 32.2. The molecule has 0 aliphatic carbocycles. The average Bonchev–Trinajstić information content (AvgIpc) is 2.56. The maximum Gasteiger partial charge on any atom is 0.339 e. The minimum absolute atomic E-state index is 0.0582. The predicted octanol–water partition coefficient (Wildman–Crippen LogP) is 3.59. The van der Waals surface area contributed by atoms with Crippen LogP contribution in [0.15, 0.2) is 58.3 Å². The van der Waals surface area contributed by atoms with E-state index < -0.39 is 20.0 Å². The van der Waals surface area contributed by atoms with Gasteiger partial charge in [-0.15, -0.1) is 0 Å². The number of aryl methyl sites for hydroxylation is 1. The van der Waals surface area contributed by atoms with E-state index in [1.165, 1.54) is 24.3 Å². The maximum absolute atomic E-state index is 12.3. The van der Waals surface area contributed by atoms with Crippen LogP contribution in [-0.4, -0.2) is 23.1 Å². The van der Waals surface area contributed by atoms with Gasteiger partial charge in [-0.2, -0.15) is 8.42 Å². The molecule has 2 rings (SSSR count). The third kappa shape index (κ3) is 5.57. The zero-order chi connectivity index (χ0) is 18.5. The summed E-state index contributed by atoms with van der Waals surface area (Å²) in [4.78, 5) is -0.0326. The van der Waals surface area contributed by atoms with Gasteiger partial charge >= 0.3 is 10.1 Å². The maximum atomic E-state index is 12.3. The fourth-order valence-corrected chi connectivity index (χ4v) is 3.88. The molecule has 0 aromatic heterocycles. The van der Waals surface area contributed by atoms with E-state index in [4.69, 9.17) is 4.18 Å². The lowest BCUT2D eigenvalue weighted by atomic mass is 10.1. The third-order valence-corrected chi connectivity index (χ3v) is 6.13. The Labute approximate surface area is 149 Å². The molecule has 0 aliphatic rings. The van der Waals surface area contributed by atoms with Crippen molar-refractivity contribution in [1.29, 1.82) is 0 Å². The Morgan fingerprint density at radius 1 is 0.800 bits per heavy atom. The van der Waals surface area contributed by atoms with Crippen molar-refractivity contribution in [3.8, 4) is 5.75 Å². The van der Waals surface area contributed by atoms with Crippen molar-refractivity contribution in [2.75, 3.05) is 6.26 Å². The monoisotopic (exact) mass is 382 g/mol. The zero-order valence-corrected chi connectivity index (χ0v) is 15.9. The Morgan fingerprint density at radius 2 is 1.36 bits per heavy atom. The van der Waals surface area contributed by atoms with E-state index in [1.54, 1.807) is 12.1 Å². The predicted molar refractivity (Wildman–Crippen MR) is 97.0 cm³/mol. The summed E-state index contributed by atoms with van der Waals surface area (Å²) in [6, 6.07) is 11.9. The molecule has 0 N–H and O–H groups in total. The van der Waals surface area contributed by atoms with Crippen molar-refractivity contribution < 1.29 is 21.0 Å². The Bertz CT molecular complexity index is 897. The molecule has 2 aromatic carbocycles. The smallest absolute Gasteiger partial charge is 0.339 e. The van der Waals surface area contributed by atoms with E-state index in [2.05, 4.69) is 6.92 Å². The van der Waals surface area contributed by atoms with Crippen LogP contribution in [0.3, 0.4) is 0 Å². The van der Waals surface area contributed by atoms with E-state index in [-0.39, 0.29) is 15.5 Å². The summed E-state index contributed by atoms with van der Waals surface area (Å²) in [5, 5.41) is 0. The highest BCUT2D eigenvalue weighted by molar-refractivity contribution is 7.90. The summed E-state index contributed by atoms with van der Waals surface area (Å²) in [6.07, 6.45) is 5.43. The van der Waals surface area contributed by atoms with Crippen molar-refractivity contribution in [2.24, 2.45) is 0 Å². The van der Waals surface area contributed by atoms with Gasteiger partial charge in [0.05, 0.1) is 4.90 Å². The molecular weight excluding hydrogens is 360 g/mol. The highest BCUT2D eigenvalue weighted by Gasteiger charge is 2.18. The largest absolute Gasteiger partial charge is 0.379 e. The fourth-order valence-electron chi connectivity index (χ4n) is 2.32. The molecule has 0 fully saturated rings. The van der Waals surface area contributed by atoms with Crippen molar-refractivity contribution in [1.82, 2.24) is 0 Å². The molecule has 0 atom stereocenters. The fraction of sp³-hybridized carbons (Fsp3) is 0.333. The van der Waals surface area contributed by atoms with Gasteiger partial charge in [0, 0.05) is 6.26 Å². The van der Waals surface area contributed by atoms with Gasteiger partial charge in [-0.05, 0) is 54.8 Å². The average molecular weight is 383 g/mol. The summed E-state index contributed by atoms with van der Waals surface area (Å²) in [5.74, 6) is 0.228. The standard InChI is InChI=1S/C18H22O5S2/c1-3-4-5-6-15-7-9-16(10-8-15)23-25(21,22)18-13-11-17(12-14-18)24(2,19)20/h7-14H,3-6H2,1-2H3. The lowest BCUT2D eigenvalue weighted by Gasteiger charge is -2.08. The van der Waals surface area contributed by atoms with Crippen LogP contribution in [0.2, 0.25) is 0 Å². The Kier molecular flexibility index (Phi) is 6.24. The van der Waals surface area contributed by atoms with Crippen molar-refractivity contribution >= 4 is 20.0 Å². The first-order valence-electron chi connectivity index (χ1n) is 8.06. The lowest BCUT2D eigenvalue weighted by molar-refractivity contribution is 0.485. The summed E-state index contributed by atoms with van der Waals surface area (Å²) in [5.41, 5.74) is 1.13. The molecular formula is C18H22O5S2. The number of unbranched alkanes of at least 4 members (excludes halogenated alkanes) is 2. The second kappa shape index (κ2) is 8.01. The SMILES string of the molecule is CCCCCc1ccc(OS(=O)(=O)c2ccc(S(C)(=O)=O)cc2)cc1. The molecule has 5 nitrogen and oxygen atoms in total. The molecule has 0 spiro atoms. The molecule has 0 bridgehead atoms. The molecule has 0 aliphatic heterocycles. The van der Waals surface area contributed by atoms with Crippen LogP contribution in [0.5, 0.6) is 5.75 Å². The van der Waals surface area contributed by atoms with Crippen LogP contribution in [0, 0.1) is 0 Å². The number of hydrogen-bond acceptors (Lipinski definition) is 5. The van der Waals surface area contributed by atoms with E-state index in [0.717, 1.165) is 37.5 Å². The zero-order valence-electron chi connectivity index (χ0n) is 14.3. The first-order chi connectivity index (χ1) is 11.7. The minimum Gasteiger partial charge on any atom is -0.379 e. The van der Waals surface area contributed by atoms with Crippen LogP contribution in [0.4, 0.5) is 0 Å². The molecule has 0 radical (unpaired) electrons. The van der Waals surface area contributed by atoms with Gasteiger partial charge in [0.2, 0.25) is 0 Å². The highest BCUT2D eigenvalue weighted by Crippen LogP contribution is 2.21. The summed E-state index contributed by atoms with van der Waals surface area (Å²) in [6.45, 7) is 2.14. The number of sulfone groups is 1. The quantitative estimate of drug-likeness (QED) is 0.515. The van der Waals surface area contributed by atoms with E-state index in [9.17, 15) is 16.8 Å². The van der Waals surface area contributed by atoms with Gasteiger partial charge in [-0.25, -0.2) is 8.42 Å². The molecule has 0 saturated carbocycles. The lowest BCUT2D eigenvalue weighted by Crippen LogP contribution is -2.10. The van der Waals surface area contributed by atoms with Crippen molar-refractivity contribution in [3.05, 3.63) is 54.1 Å². The Morgan fingerprint density at radius 3 is 1.88 bits per heavy atom. The van der Waals surface area contributed by atoms with Crippen LogP contribution in [0.25, 0.3) is 0 Å². The molecule has 7 heteroatoms. The van der Waals surface area contributed by atoms with E-state index in [1.807, 2.05) is 12.1 Å². The van der Waals surface area contributed by atoms with Crippen molar-refractivity contribution in [2.45, 2.75) is 42.4 Å². The van der Waals surface area contributed by atoms with E-state index >= 15 is 0 Å². The van der Waals surface area contributed by atoms with Gasteiger partial charge in [0.1, 0.15) is 10.6 Å². The van der Waals surface area contributed by atoms with Crippen LogP contribution >= 0.6 is 0 Å². The Balaban J connectivity index is 2.10. The first-order valence-corrected chi connectivity index (χ1v) is 11.4. The van der Waals surface area contributed by atoms with Gasteiger partial charge in [-0.1, -0.05) is 31.9 Å². The molecule has 0 saturated heterocycles. The topological polar surface area (TPSA) is 77.5 Å². The molecule has 136 valence electrons. The van der Waals surface area contributed by atoms with Crippen molar-refractivity contribution in [3.63, 3.8) is 0 Å².